The van der Waals surface area contributed by atoms with Crippen LogP contribution in [0.3, 0.4) is 0 Å². The molecule has 1 atom stereocenters. The van der Waals surface area contributed by atoms with Crippen molar-refractivity contribution in [3.8, 4) is 11.5 Å². The van der Waals surface area contributed by atoms with Crippen molar-refractivity contribution in [2.75, 3.05) is 19.1 Å². The van der Waals surface area contributed by atoms with Crippen molar-refractivity contribution in [3.05, 3.63) is 88.5 Å². The predicted molar refractivity (Wildman–Crippen MR) is 149 cm³/mol. The number of ether oxygens (including phenoxy) is 2. The number of hydrogen-bond donors (Lipinski definition) is 1. The molecular formula is C30H28N2O5S. The van der Waals surface area contributed by atoms with E-state index < -0.39 is 17.7 Å². The number of benzene rings is 3. The Labute approximate surface area is 225 Å². The molecule has 1 fully saturated rings. The number of anilines is 1. The molecule has 8 heteroatoms. The van der Waals surface area contributed by atoms with Crippen LogP contribution >= 0.6 is 11.3 Å². The lowest BCUT2D eigenvalue weighted by atomic mass is 9.93. The molecule has 0 bridgehead atoms. The normalized spacial score (nSPS) is 17.0. The van der Waals surface area contributed by atoms with Crippen molar-refractivity contribution >= 4 is 44.1 Å². The second kappa shape index (κ2) is 9.95. The molecule has 1 aromatic heterocycles. The van der Waals surface area contributed by atoms with E-state index in [4.69, 9.17) is 9.47 Å². The van der Waals surface area contributed by atoms with Crippen LogP contribution < -0.4 is 14.4 Å². The molecular weight excluding hydrogens is 500 g/mol. The van der Waals surface area contributed by atoms with Crippen LogP contribution in [-0.2, 0) is 9.59 Å². The van der Waals surface area contributed by atoms with Gasteiger partial charge in [-0.05, 0) is 72.0 Å². The van der Waals surface area contributed by atoms with E-state index in [0.29, 0.717) is 27.8 Å². The van der Waals surface area contributed by atoms with E-state index in [1.807, 2.05) is 39.0 Å². The fourth-order valence-corrected chi connectivity index (χ4v) is 5.83. The van der Waals surface area contributed by atoms with Crippen LogP contribution in [0, 0.1) is 6.92 Å². The number of aliphatic hydroxyl groups is 1. The number of methoxy groups -OCH3 is 2. The van der Waals surface area contributed by atoms with Crippen molar-refractivity contribution < 1.29 is 24.2 Å². The maximum Gasteiger partial charge on any atom is 0.301 e. The first-order chi connectivity index (χ1) is 18.2. The average Bonchev–Trinajstić information content (AvgIpc) is 3.45. The number of aliphatic hydroxyl groups excluding tert-OH is 1. The Hall–Kier alpha value is -4.17. The molecule has 0 aliphatic carbocycles. The van der Waals surface area contributed by atoms with Crippen LogP contribution in [0.4, 0.5) is 5.13 Å². The van der Waals surface area contributed by atoms with E-state index in [2.05, 4.69) is 4.98 Å². The zero-order valence-corrected chi connectivity index (χ0v) is 22.6. The summed E-state index contributed by atoms with van der Waals surface area (Å²) in [5, 5.41) is 11.9. The van der Waals surface area contributed by atoms with Gasteiger partial charge in [-0.1, -0.05) is 43.4 Å². The summed E-state index contributed by atoms with van der Waals surface area (Å²) in [4.78, 5) is 33.1. The Kier molecular flexibility index (Phi) is 6.67. The first kappa shape index (κ1) is 25.5. The third-order valence-corrected chi connectivity index (χ3v) is 7.76. The van der Waals surface area contributed by atoms with Gasteiger partial charge in [-0.2, -0.15) is 0 Å². The van der Waals surface area contributed by atoms with Gasteiger partial charge >= 0.3 is 5.91 Å². The molecule has 5 rings (SSSR count). The van der Waals surface area contributed by atoms with Gasteiger partial charge in [0.25, 0.3) is 5.78 Å². The summed E-state index contributed by atoms with van der Waals surface area (Å²) in [6, 6.07) is 17.4. The number of hydrogen-bond acceptors (Lipinski definition) is 7. The molecule has 0 saturated carbocycles. The van der Waals surface area contributed by atoms with E-state index in [0.717, 1.165) is 21.3 Å². The van der Waals surface area contributed by atoms with Crippen LogP contribution in [0.5, 0.6) is 11.5 Å². The number of carbonyl (C=O) groups excluding carboxylic acids is 2. The van der Waals surface area contributed by atoms with E-state index in [-0.39, 0.29) is 17.3 Å². The fraction of sp³-hybridized carbons (Fsp3) is 0.233. The molecule has 7 nitrogen and oxygen atoms in total. The third-order valence-electron chi connectivity index (χ3n) is 6.74. The van der Waals surface area contributed by atoms with E-state index >= 15 is 0 Å². The van der Waals surface area contributed by atoms with Gasteiger partial charge in [-0.3, -0.25) is 14.5 Å². The number of aryl methyl sites for hydroxylation is 1. The molecule has 1 amide bonds. The van der Waals surface area contributed by atoms with Crippen molar-refractivity contribution in [1.29, 1.82) is 0 Å². The number of nitrogens with zero attached hydrogens (tertiary/aromatic N) is 2. The molecule has 4 aromatic rings. The molecule has 0 spiro atoms. The minimum atomic E-state index is -0.868. The van der Waals surface area contributed by atoms with Gasteiger partial charge in [-0.15, -0.1) is 0 Å². The minimum absolute atomic E-state index is 0.00970. The second-order valence-electron chi connectivity index (χ2n) is 9.52. The largest absolute Gasteiger partial charge is 0.507 e. The highest BCUT2D eigenvalue weighted by Gasteiger charge is 2.48. The molecule has 2 heterocycles. The molecule has 1 aliphatic rings. The Morgan fingerprint density at radius 2 is 1.74 bits per heavy atom. The molecule has 0 radical (unpaired) electrons. The number of carbonyl (C=O) groups is 2. The van der Waals surface area contributed by atoms with Crippen molar-refractivity contribution in [3.63, 3.8) is 0 Å². The predicted octanol–water partition coefficient (Wildman–Crippen LogP) is 6.37. The van der Waals surface area contributed by atoms with Gasteiger partial charge in [-0.25, -0.2) is 4.98 Å². The Morgan fingerprint density at radius 1 is 1.00 bits per heavy atom. The van der Waals surface area contributed by atoms with Crippen molar-refractivity contribution in [2.24, 2.45) is 0 Å². The molecule has 1 N–H and O–H groups in total. The zero-order chi connectivity index (χ0) is 27.1. The van der Waals surface area contributed by atoms with Crippen molar-refractivity contribution in [2.45, 2.75) is 32.7 Å². The Bertz CT molecular complexity index is 1590. The first-order valence-electron chi connectivity index (χ1n) is 12.2. The SMILES string of the molecule is COc1ccc(C2/C(=C(\O)c3ccc(OC)c(C(C)C)c3)C(=O)C(=O)N2c2nc3ccc(C)cc3s2)cc1. The number of aromatic nitrogens is 1. The lowest BCUT2D eigenvalue weighted by Crippen LogP contribution is -2.29. The van der Waals surface area contributed by atoms with E-state index in [9.17, 15) is 14.7 Å². The highest BCUT2D eigenvalue weighted by molar-refractivity contribution is 7.22. The van der Waals surface area contributed by atoms with Gasteiger partial charge < -0.3 is 14.6 Å². The maximum absolute atomic E-state index is 13.5. The molecule has 1 unspecified atom stereocenters. The van der Waals surface area contributed by atoms with Gasteiger partial charge in [0.2, 0.25) is 0 Å². The number of fused-ring (bicyclic) bond motifs is 1. The topological polar surface area (TPSA) is 89.0 Å². The fourth-order valence-electron chi connectivity index (χ4n) is 4.74. The minimum Gasteiger partial charge on any atom is -0.507 e. The average molecular weight is 529 g/mol. The highest BCUT2D eigenvalue weighted by Crippen LogP contribution is 2.45. The lowest BCUT2D eigenvalue weighted by molar-refractivity contribution is -0.132. The van der Waals surface area contributed by atoms with Crippen LogP contribution in [0.1, 0.15) is 48.1 Å². The number of amides is 1. The standard InChI is InChI=1S/C30H28N2O5S/c1-16(2)21-15-19(9-13-23(21)37-5)27(33)25-26(18-7-10-20(36-4)11-8-18)32(29(35)28(25)34)30-31-22-12-6-17(3)14-24(22)38-30/h6-16,26,33H,1-5H3/b27-25+. The van der Waals surface area contributed by atoms with Gasteiger partial charge in [0.1, 0.15) is 17.3 Å². The summed E-state index contributed by atoms with van der Waals surface area (Å²) >= 11 is 1.34. The van der Waals surface area contributed by atoms with Crippen LogP contribution in [0.2, 0.25) is 0 Å². The second-order valence-corrected chi connectivity index (χ2v) is 10.5. The van der Waals surface area contributed by atoms with Crippen LogP contribution in [0.15, 0.2) is 66.2 Å². The Balaban J connectivity index is 1.72. The smallest absolute Gasteiger partial charge is 0.301 e. The quantitative estimate of drug-likeness (QED) is 0.178. The van der Waals surface area contributed by atoms with Gasteiger partial charge in [0.15, 0.2) is 5.13 Å². The summed E-state index contributed by atoms with van der Waals surface area (Å²) in [5.41, 5.74) is 3.79. The number of ketones is 1. The molecule has 38 heavy (non-hydrogen) atoms. The van der Waals surface area contributed by atoms with E-state index in [1.165, 1.54) is 16.2 Å². The summed E-state index contributed by atoms with van der Waals surface area (Å²) in [5.74, 6) is -0.301. The molecule has 1 aliphatic heterocycles. The summed E-state index contributed by atoms with van der Waals surface area (Å²) in [7, 11) is 3.16. The van der Waals surface area contributed by atoms with Gasteiger partial charge in [0.05, 0.1) is 36.1 Å². The highest BCUT2D eigenvalue weighted by atomic mass is 32.1. The van der Waals surface area contributed by atoms with E-state index in [1.54, 1.807) is 56.7 Å². The molecule has 1 saturated heterocycles. The maximum atomic E-state index is 13.5. The number of rotatable bonds is 6. The lowest BCUT2D eigenvalue weighted by Gasteiger charge is -2.23. The van der Waals surface area contributed by atoms with Gasteiger partial charge in [0, 0.05) is 5.56 Å². The van der Waals surface area contributed by atoms with Crippen molar-refractivity contribution in [1.82, 2.24) is 4.98 Å². The molecule has 3 aromatic carbocycles. The van der Waals surface area contributed by atoms with Crippen LogP contribution in [-0.4, -0.2) is 36.0 Å². The summed E-state index contributed by atoms with van der Waals surface area (Å²) in [6.45, 7) is 6.03. The summed E-state index contributed by atoms with van der Waals surface area (Å²) < 4.78 is 11.7. The first-order valence-corrected chi connectivity index (χ1v) is 13.1. The number of Topliss-reactive ketones (excluding diaryl/α,β-unsaturated/α-hetero) is 1. The monoisotopic (exact) mass is 528 g/mol. The van der Waals surface area contributed by atoms with Crippen LogP contribution in [0.25, 0.3) is 16.0 Å². The zero-order valence-electron chi connectivity index (χ0n) is 21.8. The number of thiazole rings is 1. The molecule has 194 valence electrons. The summed E-state index contributed by atoms with van der Waals surface area (Å²) in [6.07, 6.45) is 0. The Morgan fingerprint density at radius 3 is 2.39 bits per heavy atom. The third kappa shape index (κ3) is 4.31.